The van der Waals surface area contributed by atoms with Crippen molar-refractivity contribution in [3.63, 3.8) is 0 Å². The fourth-order valence-electron chi connectivity index (χ4n) is 3.32. The van der Waals surface area contributed by atoms with Crippen molar-refractivity contribution in [1.29, 1.82) is 0 Å². The van der Waals surface area contributed by atoms with E-state index in [-0.39, 0.29) is 22.6 Å². The highest BCUT2D eigenvalue weighted by Crippen LogP contribution is 2.17. The van der Waals surface area contributed by atoms with E-state index in [1.807, 2.05) is 0 Å². The highest BCUT2D eigenvalue weighted by molar-refractivity contribution is 6.03. The second kappa shape index (κ2) is 11.0. The summed E-state index contributed by atoms with van der Waals surface area (Å²) in [6, 6.07) is 12.0. The van der Waals surface area contributed by atoms with Crippen molar-refractivity contribution < 1.29 is 19.2 Å². The van der Waals surface area contributed by atoms with Crippen molar-refractivity contribution >= 4 is 34.0 Å². The quantitative estimate of drug-likeness (QED) is 0.215. The van der Waals surface area contributed by atoms with Crippen LogP contribution in [0.2, 0.25) is 0 Å². The summed E-state index contributed by atoms with van der Waals surface area (Å²) in [7, 11) is 0. The molecule has 0 aliphatic heterocycles. The van der Waals surface area contributed by atoms with Gasteiger partial charge in [-0.2, -0.15) is 5.10 Å². The number of nitro benzene ring substituents is 1. The molecule has 10 nitrogen and oxygen atoms in total. The van der Waals surface area contributed by atoms with Gasteiger partial charge in [0, 0.05) is 29.8 Å². The van der Waals surface area contributed by atoms with Crippen LogP contribution in [0.1, 0.15) is 43.1 Å². The average Bonchev–Trinajstić information content (AvgIpc) is 2.82. The predicted octanol–water partition coefficient (Wildman–Crippen LogP) is 3.68. The SMILES string of the molecule is CCCCCCn1nc(C(=O)OCC(=O)Nc2cccc([N+](=O)[O-])c2)c2ccccc2c1=O. The van der Waals surface area contributed by atoms with Gasteiger partial charge in [-0.05, 0) is 18.6 Å². The molecule has 1 heterocycles. The summed E-state index contributed by atoms with van der Waals surface area (Å²) in [5.41, 5.74) is -0.318. The summed E-state index contributed by atoms with van der Waals surface area (Å²) in [6.07, 6.45) is 3.78. The molecule has 33 heavy (non-hydrogen) atoms. The van der Waals surface area contributed by atoms with Gasteiger partial charge < -0.3 is 10.1 Å². The van der Waals surface area contributed by atoms with Gasteiger partial charge in [0.1, 0.15) is 0 Å². The van der Waals surface area contributed by atoms with E-state index in [1.165, 1.54) is 28.9 Å². The Morgan fingerprint density at radius 2 is 1.85 bits per heavy atom. The summed E-state index contributed by atoms with van der Waals surface area (Å²) in [5, 5.41) is 18.2. The molecule has 0 aliphatic rings. The normalized spacial score (nSPS) is 10.7. The molecule has 0 saturated carbocycles. The van der Waals surface area contributed by atoms with Crippen molar-refractivity contribution in [3.05, 3.63) is 74.7 Å². The van der Waals surface area contributed by atoms with Crippen LogP contribution < -0.4 is 10.9 Å². The van der Waals surface area contributed by atoms with Gasteiger partial charge in [-0.15, -0.1) is 0 Å². The van der Waals surface area contributed by atoms with Crippen LogP contribution in [0.3, 0.4) is 0 Å². The number of fused-ring (bicyclic) bond motifs is 1. The third-order valence-electron chi connectivity index (χ3n) is 4.96. The van der Waals surface area contributed by atoms with E-state index in [9.17, 15) is 24.5 Å². The van der Waals surface area contributed by atoms with Gasteiger partial charge >= 0.3 is 5.97 Å². The molecule has 1 aromatic heterocycles. The second-order valence-corrected chi connectivity index (χ2v) is 7.41. The van der Waals surface area contributed by atoms with Crippen LogP contribution in [0.25, 0.3) is 10.8 Å². The van der Waals surface area contributed by atoms with Crippen molar-refractivity contribution in [1.82, 2.24) is 9.78 Å². The molecule has 3 rings (SSSR count). The minimum atomic E-state index is -0.845. The summed E-state index contributed by atoms with van der Waals surface area (Å²) < 4.78 is 6.38. The summed E-state index contributed by atoms with van der Waals surface area (Å²) in [4.78, 5) is 47.9. The lowest BCUT2D eigenvalue weighted by atomic mass is 10.1. The van der Waals surface area contributed by atoms with Gasteiger partial charge in [0.05, 0.1) is 10.3 Å². The number of nitrogens with one attached hydrogen (secondary N) is 1. The van der Waals surface area contributed by atoms with E-state index in [1.54, 1.807) is 24.3 Å². The van der Waals surface area contributed by atoms with Gasteiger partial charge in [0.2, 0.25) is 0 Å². The van der Waals surface area contributed by atoms with Gasteiger partial charge in [0.25, 0.3) is 17.2 Å². The number of carbonyl (C=O) groups is 2. The Kier molecular flexibility index (Phi) is 7.85. The van der Waals surface area contributed by atoms with Gasteiger partial charge in [-0.1, -0.05) is 50.5 Å². The standard InChI is InChI=1S/C23H24N4O6/c1-2-3-4-7-13-26-22(29)19-12-6-5-11-18(19)21(25-26)23(30)33-15-20(28)24-16-9-8-10-17(14-16)27(31)32/h5-6,8-12,14H,2-4,7,13,15H2,1H3,(H,24,28). The number of rotatable bonds is 10. The number of aromatic nitrogens is 2. The summed E-state index contributed by atoms with van der Waals surface area (Å²) >= 11 is 0. The van der Waals surface area contributed by atoms with Crippen LogP contribution in [0.5, 0.6) is 0 Å². The van der Waals surface area contributed by atoms with Gasteiger partial charge in [-0.3, -0.25) is 19.7 Å². The Bertz CT molecular complexity index is 1240. The molecular weight excluding hydrogens is 428 g/mol. The number of nitro groups is 1. The Balaban J connectivity index is 1.74. The Labute approximate surface area is 189 Å². The predicted molar refractivity (Wildman–Crippen MR) is 122 cm³/mol. The molecule has 172 valence electrons. The van der Waals surface area contributed by atoms with Crippen molar-refractivity contribution in [2.45, 2.75) is 39.2 Å². The maximum atomic E-state index is 12.7. The van der Waals surface area contributed by atoms with Crippen LogP contribution in [-0.2, 0) is 16.1 Å². The molecule has 0 radical (unpaired) electrons. The average molecular weight is 452 g/mol. The van der Waals surface area contributed by atoms with Crippen LogP contribution in [0, 0.1) is 10.1 Å². The first-order chi connectivity index (χ1) is 15.9. The number of carbonyl (C=O) groups excluding carboxylic acids is 2. The molecule has 0 atom stereocenters. The Morgan fingerprint density at radius 1 is 1.09 bits per heavy atom. The molecule has 1 amide bonds. The van der Waals surface area contributed by atoms with Crippen molar-refractivity contribution in [3.8, 4) is 0 Å². The largest absolute Gasteiger partial charge is 0.451 e. The number of unbranched alkanes of at least 4 members (excludes halogenated alkanes) is 3. The number of hydrogen-bond donors (Lipinski definition) is 1. The third-order valence-corrected chi connectivity index (χ3v) is 4.96. The van der Waals surface area contributed by atoms with E-state index in [0.29, 0.717) is 17.3 Å². The molecule has 0 bridgehead atoms. The first-order valence-electron chi connectivity index (χ1n) is 10.6. The van der Waals surface area contributed by atoms with E-state index in [4.69, 9.17) is 4.74 Å². The topological polar surface area (TPSA) is 133 Å². The van der Waals surface area contributed by atoms with Crippen LogP contribution in [0.15, 0.2) is 53.3 Å². The third kappa shape index (κ3) is 6.00. The minimum absolute atomic E-state index is 0.0520. The second-order valence-electron chi connectivity index (χ2n) is 7.41. The smallest absolute Gasteiger partial charge is 0.359 e. The molecule has 3 aromatic rings. The van der Waals surface area contributed by atoms with E-state index >= 15 is 0 Å². The van der Waals surface area contributed by atoms with Crippen LogP contribution in [-0.4, -0.2) is 33.2 Å². The number of anilines is 1. The zero-order valence-electron chi connectivity index (χ0n) is 18.2. The highest BCUT2D eigenvalue weighted by atomic mass is 16.6. The van der Waals surface area contributed by atoms with E-state index in [2.05, 4.69) is 17.3 Å². The monoisotopic (exact) mass is 452 g/mol. The molecular formula is C23H24N4O6. The number of benzene rings is 2. The van der Waals surface area contributed by atoms with E-state index in [0.717, 1.165) is 25.7 Å². The van der Waals surface area contributed by atoms with E-state index < -0.39 is 23.4 Å². The van der Waals surface area contributed by atoms with Gasteiger partial charge in [0.15, 0.2) is 12.3 Å². The number of nitrogens with zero attached hydrogens (tertiary/aromatic N) is 3. The first-order valence-corrected chi connectivity index (χ1v) is 10.6. The number of hydrogen-bond acceptors (Lipinski definition) is 7. The minimum Gasteiger partial charge on any atom is -0.451 e. The number of non-ortho nitro benzene ring substituents is 1. The lowest BCUT2D eigenvalue weighted by Crippen LogP contribution is -2.28. The van der Waals surface area contributed by atoms with Crippen molar-refractivity contribution in [2.75, 3.05) is 11.9 Å². The fourth-order valence-corrected chi connectivity index (χ4v) is 3.32. The molecule has 0 unspecified atom stereocenters. The molecule has 0 fully saturated rings. The highest BCUT2D eigenvalue weighted by Gasteiger charge is 2.19. The summed E-state index contributed by atoms with van der Waals surface area (Å²) in [5.74, 6) is -1.51. The van der Waals surface area contributed by atoms with Gasteiger partial charge in [-0.25, -0.2) is 9.48 Å². The Morgan fingerprint density at radius 3 is 2.58 bits per heavy atom. The lowest BCUT2D eigenvalue weighted by molar-refractivity contribution is -0.384. The number of aryl methyl sites for hydroxylation is 1. The molecule has 0 saturated heterocycles. The molecule has 0 aliphatic carbocycles. The van der Waals surface area contributed by atoms with Crippen molar-refractivity contribution in [2.24, 2.45) is 0 Å². The molecule has 2 aromatic carbocycles. The summed E-state index contributed by atoms with van der Waals surface area (Å²) in [6.45, 7) is 1.84. The molecule has 1 N–H and O–H groups in total. The number of ether oxygens (including phenoxy) is 1. The lowest BCUT2D eigenvalue weighted by Gasteiger charge is -2.11. The maximum absolute atomic E-state index is 12.7. The molecule has 10 heteroatoms. The Hall–Kier alpha value is -4.08. The zero-order valence-corrected chi connectivity index (χ0v) is 18.2. The number of amides is 1. The number of esters is 1. The zero-order chi connectivity index (χ0) is 23.8. The van der Waals surface area contributed by atoms with Crippen LogP contribution >= 0.6 is 0 Å². The van der Waals surface area contributed by atoms with Crippen LogP contribution in [0.4, 0.5) is 11.4 Å². The fraction of sp³-hybridized carbons (Fsp3) is 0.304. The first kappa shape index (κ1) is 23.6. The maximum Gasteiger partial charge on any atom is 0.359 e. The molecule has 0 spiro atoms.